The van der Waals surface area contributed by atoms with Crippen LogP contribution in [-0.2, 0) is 6.54 Å². The number of carbonyl (C=O) groups excluding carboxylic acids is 1. The smallest absolute Gasteiger partial charge is 0.256 e. The van der Waals surface area contributed by atoms with Gasteiger partial charge in [0, 0.05) is 36.9 Å². The first-order chi connectivity index (χ1) is 12.7. The number of nitrogens with zero attached hydrogens (tertiary/aromatic N) is 2. The fourth-order valence-electron chi connectivity index (χ4n) is 3.16. The van der Waals surface area contributed by atoms with Crippen LogP contribution in [0.15, 0.2) is 42.6 Å². The molecule has 0 aliphatic carbocycles. The number of halogens is 1. The number of carbonyl (C=O) groups is 1. The van der Waals surface area contributed by atoms with E-state index in [1.807, 2.05) is 19.1 Å². The molecule has 0 atom stereocenters. The van der Waals surface area contributed by atoms with Gasteiger partial charge in [0.1, 0.15) is 5.56 Å². The van der Waals surface area contributed by atoms with E-state index in [1.54, 1.807) is 18.3 Å². The first-order valence-corrected chi connectivity index (χ1v) is 9.39. The minimum Gasteiger partial charge on any atom is -0.477 e. The van der Waals surface area contributed by atoms with Crippen molar-refractivity contribution < 1.29 is 9.53 Å². The van der Waals surface area contributed by atoms with Crippen molar-refractivity contribution >= 4 is 17.5 Å². The summed E-state index contributed by atoms with van der Waals surface area (Å²) in [5.41, 5.74) is 1.76. The van der Waals surface area contributed by atoms with Gasteiger partial charge in [-0.05, 0) is 49.6 Å². The van der Waals surface area contributed by atoms with Gasteiger partial charge in [0.25, 0.3) is 5.91 Å². The number of nitrogens with one attached hydrogen (secondary N) is 1. The summed E-state index contributed by atoms with van der Waals surface area (Å²) >= 11 is 5.94. The van der Waals surface area contributed by atoms with E-state index in [9.17, 15) is 4.79 Å². The summed E-state index contributed by atoms with van der Waals surface area (Å²) in [6, 6.07) is 11.7. The Morgan fingerprint density at radius 3 is 2.69 bits per heavy atom. The molecular formula is C20H24ClN3O2. The molecule has 1 aromatic carbocycles. The number of rotatable bonds is 6. The summed E-state index contributed by atoms with van der Waals surface area (Å²) in [5, 5.41) is 3.88. The Morgan fingerprint density at radius 2 is 2.00 bits per heavy atom. The van der Waals surface area contributed by atoms with Gasteiger partial charge in [0.15, 0.2) is 0 Å². The van der Waals surface area contributed by atoms with Gasteiger partial charge in [-0.15, -0.1) is 0 Å². The van der Waals surface area contributed by atoms with Crippen LogP contribution in [-0.4, -0.2) is 41.5 Å². The Hall–Kier alpha value is -2.11. The van der Waals surface area contributed by atoms with Gasteiger partial charge in [0.05, 0.1) is 6.61 Å². The molecule has 1 amide bonds. The maximum atomic E-state index is 12.6. The quantitative estimate of drug-likeness (QED) is 0.841. The van der Waals surface area contributed by atoms with E-state index in [-0.39, 0.29) is 11.9 Å². The molecule has 0 radical (unpaired) electrons. The van der Waals surface area contributed by atoms with Gasteiger partial charge in [-0.25, -0.2) is 4.98 Å². The van der Waals surface area contributed by atoms with Crippen LogP contribution in [0, 0.1) is 0 Å². The molecule has 2 heterocycles. The lowest BCUT2D eigenvalue weighted by atomic mass is 10.0. The molecule has 0 bridgehead atoms. The Labute approximate surface area is 159 Å². The maximum Gasteiger partial charge on any atom is 0.256 e. The fraction of sp³-hybridized carbons (Fsp3) is 0.400. The summed E-state index contributed by atoms with van der Waals surface area (Å²) in [4.78, 5) is 19.1. The SMILES string of the molecule is CCOc1ncccc1C(=O)NC1CCN(Cc2ccc(Cl)cc2)CC1. The number of hydrogen-bond acceptors (Lipinski definition) is 4. The van der Waals surface area contributed by atoms with Crippen molar-refractivity contribution in [2.24, 2.45) is 0 Å². The topological polar surface area (TPSA) is 54.5 Å². The van der Waals surface area contributed by atoms with E-state index in [2.05, 4.69) is 27.3 Å². The molecule has 0 spiro atoms. The van der Waals surface area contributed by atoms with Crippen LogP contribution < -0.4 is 10.1 Å². The second-order valence-electron chi connectivity index (χ2n) is 6.44. The van der Waals surface area contributed by atoms with E-state index >= 15 is 0 Å². The lowest BCUT2D eigenvalue weighted by Gasteiger charge is -2.32. The zero-order chi connectivity index (χ0) is 18.4. The monoisotopic (exact) mass is 373 g/mol. The number of hydrogen-bond donors (Lipinski definition) is 1. The Kier molecular flexibility index (Phi) is 6.47. The summed E-state index contributed by atoms with van der Waals surface area (Å²) in [5.74, 6) is 0.283. The van der Waals surface area contributed by atoms with Crippen LogP contribution in [0.3, 0.4) is 0 Å². The third kappa shape index (κ3) is 4.96. The van der Waals surface area contributed by atoms with Crippen molar-refractivity contribution in [3.05, 3.63) is 58.7 Å². The number of piperidine rings is 1. The molecule has 2 aromatic rings. The van der Waals surface area contributed by atoms with Gasteiger partial charge in [-0.3, -0.25) is 9.69 Å². The van der Waals surface area contributed by atoms with E-state index in [4.69, 9.17) is 16.3 Å². The largest absolute Gasteiger partial charge is 0.477 e. The zero-order valence-electron chi connectivity index (χ0n) is 15.0. The molecular weight excluding hydrogens is 350 g/mol. The van der Waals surface area contributed by atoms with Gasteiger partial charge in [-0.1, -0.05) is 23.7 Å². The van der Waals surface area contributed by atoms with E-state index < -0.39 is 0 Å². The van der Waals surface area contributed by atoms with Crippen LogP contribution >= 0.6 is 11.6 Å². The van der Waals surface area contributed by atoms with Crippen molar-refractivity contribution in [1.29, 1.82) is 0 Å². The molecule has 1 aromatic heterocycles. The Balaban J connectivity index is 1.51. The first kappa shape index (κ1) is 18.7. The lowest BCUT2D eigenvalue weighted by molar-refractivity contribution is 0.0904. The molecule has 0 unspecified atom stereocenters. The number of likely N-dealkylation sites (tertiary alicyclic amines) is 1. The van der Waals surface area contributed by atoms with Crippen molar-refractivity contribution in [3.8, 4) is 5.88 Å². The Bertz CT molecular complexity index is 728. The highest BCUT2D eigenvalue weighted by Crippen LogP contribution is 2.18. The summed E-state index contributed by atoms with van der Waals surface area (Å²) < 4.78 is 5.45. The number of pyridine rings is 1. The number of aromatic nitrogens is 1. The minimum absolute atomic E-state index is 0.113. The molecule has 1 aliphatic heterocycles. The van der Waals surface area contributed by atoms with Crippen LogP contribution in [0.1, 0.15) is 35.7 Å². The standard InChI is InChI=1S/C20H24ClN3O2/c1-2-26-20-18(4-3-11-22-20)19(25)23-17-9-12-24(13-10-17)14-15-5-7-16(21)8-6-15/h3-8,11,17H,2,9-10,12-14H2,1H3,(H,23,25). The highest BCUT2D eigenvalue weighted by atomic mass is 35.5. The normalized spacial score (nSPS) is 15.6. The van der Waals surface area contributed by atoms with E-state index in [0.717, 1.165) is 37.5 Å². The predicted molar refractivity (Wildman–Crippen MR) is 103 cm³/mol. The maximum absolute atomic E-state index is 12.6. The van der Waals surface area contributed by atoms with Gasteiger partial charge >= 0.3 is 0 Å². The second kappa shape index (κ2) is 9.01. The third-order valence-corrected chi connectivity index (χ3v) is 4.79. The third-order valence-electron chi connectivity index (χ3n) is 4.54. The summed E-state index contributed by atoms with van der Waals surface area (Å²) in [6.07, 6.45) is 3.50. The molecule has 1 N–H and O–H groups in total. The second-order valence-corrected chi connectivity index (χ2v) is 6.88. The molecule has 26 heavy (non-hydrogen) atoms. The average Bonchev–Trinajstić information content (AvgIpc) is 2.66. The van der Waals surface area contributed by atoms with Crippen LogP contribution in [0.25, 0.3) is 0 Å². The number of benzene rings is 1. The highest BCUT2D eigenvalue weighted by Gasteiger charge is 2.22. The highest BCUT2D eigenvalue weighted by molar-refractivity contribution is 6.30. The van der Waals surface area contributed by atoms with Gasteiger partial charge in [-0.2, -0.15) is 0 Å². The van der Waals surface area contributed by atoms with Crippen molar-refractivity contribution in [3.63, 3.8) is 0 Å². The number of amides is 1. The average molecular weight is 374 g/mol. The van der Waals surface area contributed by atoms with E-state index in [0.29, 0.717) is 18.1 Å². The van der Waals surface area contributed by atoms with Crippen LogP contribution in [0.5, 0.6) is 5.88 Å². The molecule has 138 valence electrons. The lowest BCUT2D eigenvalue weighted by Crippen LogP contribution is -2.44. The van der Waals surface area contributed by atoms with Gasteiger partial charge in [0.2, 0.25) is 5.88 Å². The Morgan fingerprint density at radius 1 is 1.27 bits per heavy atom. The fourth-order valence-corrected chi connectivity index (χ4v) is 3.29. The van der Waals surface area contributed by atoms with Crippen molar-refractivity contribution in [2.75, 3.05) is 19.7 Å². The predicted octanol–water partition coefficient (Wildman–Crippen LogP) is 3.53. The van der Waals surface area contributed by atoms with Crippen LogP contribution in [0.2, 0.25) is 5.02 Å². The molecule has 3 rings (SSSR count). The molecule has 1 fully saturated rings. The zero-order valence-corrected chi connectivity index (χ0v) is 15.7. The number of ether oxygens (including phenoxy) is 1. The molecule has 5 nitrogen and oxygen atoms in total. The first-order valence-electron chi connectivity index (χ1n) is 9.01. The minimum atomic E-state index is -0.113. The van der Waals surface area contributed by atoms with E-state index in [1.165, 1.54) is 5.56 Å². The molecule has 1 aliphatic rings. The molecule has 1 saturated heterocycles. The van der Waals surface area contributed by atoms with Crippen LogP contribution in [0.4, 0.5) is 0 Å². The van der Waals surface area contributed by atoms with Crippen molar-refractivity contribution in [1.82, 2.24) is 15.2 Å². The molecule has 0 saturated carbocycles. The molecule has 6 heteroatoms. The van der Waals surface area contributed by atoms with Crippen molar-refractivity contribution in [2.45, 2.75) is 32.4 Å². The van der Waals surface area contributed by atoms with Gasteiger partial charge < -0.3 is 10.1 Å². The summed E-state index contributed by atoms with van der Waals surface area (Å²) in [6.45, 7) is 5.19. The summed E-state index contributed by atoms with van der Waals surface area (Å²) in [7, 11) is 0.